The topological polar surface area (TPSA) is 48.9 Å². The van der Waals surface area contributed by atoms with Crippen LogP contribution in [0, 0.1) is 6.92 Å². The molecule has 0 bridgehead atoms. The van der Waals surface area contributed by atoms with Crippen molar-refractivity contribution >= 4 is 35.6 Å². The zero-order chi connectivity index (χ0) is 18.8. The van der Waals surface area contributed by atoms with Crippen LogP contribution in [0.4, 0.5) is 5.69 Å². The smallest absolute Gasteiger partial charge is 0.191 e. The fourth-order valence-corrected chi connectivity index (χ4v) is 2.56. The number of hydrogen-bond acceptors (Lipinski definition) is 3. The average Bonchev–Trinajstić information content (AvgIpc) is 2.65. The van der Waals surface area contributed by atoms with E-state index in [1.807, 2.05) is 18.2 Å². The van der Waals surface area contributed by atoms with Gasteiger partial charge in [-0.15, -0.1) is 24.0 Å². The predicted molar refractivity (Wildman–Crippen MR) is 125 cm³/mol. The van der Waals surface area contributed by atoms with Crippen LogP contribution in [0.5, 0.6) is 0 Å². The Morgan fingerprint density at radius 2 is 1.81 bits per heavy atom. The van der Waals surface area contributed by atoms with Gasteiger partial charge in [-0.1, -0.05) is 36.4 Å². The first-order valence-electron chi connectivity index (χ1n) is 8.93. The second-order valence-corrected chi connectivity index (χ2v) is 6.40. The van der Waals surface area contributed by atoms with E-state index in [1.165, 1.54) is 22.4 Å². The van der Waals surface area contributed by atoms with Gasteiger partial charge in [-0.3, -0.25) is 4.99 Å². The highest BCUT2D eigenvalue weighted by atomic mass is 127. The third-order valence-electron chi connectivity index (χ3n) is 4.16. The van der Waals surface area contributed by atoms with Crippen LogP contribution in [0.1, 0.15) is 16.7 Å². The number of halogens is 1. The number of guanidine groups is 1. The largest absolute Gasteiger partial charge is 0.378 e. The highest BCUT2D eigenvalue weighted by Crippen LogP contribution is 2.17. The van der Waals surface area contributed by atoms with Gasteiger partial charge in [0.05, 0.1) is 13.2 Å². The van der Waals surface area contributed by atoms with Crippen LogP contribution in [0.15, 0.2) is 53.5 Å². The molecule has 2 aromatic carbocycles. The lowest BCUT2D eigenvalue weighted by Gasteiger charge is -2.16. The van der Waals surface area contributed by atoms with Gasteiger partial charge >= 0.3 is 0 Å². The van der Waals surface area contributed by atoms with Crippen molar-refractivity contribution < 1.29 is 4.74 Å². The van der Waals surface area contributed by atoms with Crippen molar-refractivity contribution in [3.05, 3.63) is 65.2 Å². The summed E-state index contributed by atoms with van der Waals surface area (Å²) >= 11 is 0. The standard InChI is InChI=1S/C21H30N4O.HI/c1-17-14-20(25(3)4)11-10-19(17)15-24-21(22-2)23-12-13-26-16-18-8-6-5-7-9-18;/h5-11,14H,12-13,15-16H2,1-4H3,(H2,22,23,24);1H. The van der Waals surface area contributed by atoms with E-state index in [0.29, 0.717) is 19.8 Å². The first-order chi connectivity index (χ1) is 12.6. The maximum atomic E-state index is 5.68. The van der Waals surface area contributed by atoms with Crippen molar-refractivity contribution in [1.29, 1.82) is 0 Å². The molecular formula is C21H31IN4O. The predicted octanol–water partition coefficient (Wildman–Crippen LogP) is 3.56. The Hall–Kier alpha value is -1.80. The molecule has 2 rings (SSSR count). The van der Waals surface area contributed by atoms with Crippen LogP contribution in [0.25, 0.3) is 0 Å². The molecule has 0 saturated heterocycles. The normalized spacial score (nSPS) is 10.9. The summed E-state index contributed by atoms with van der Waals surface area (Å²) in [6, 6.07) is 16.7. The number of anilines is 1. The van der Waals surface area contributed by atoms with E-state index < -0.39 is 0 Å². The van der Waals surface area contributed by atoms with Gasteiger partial charge in [-0.05, 0) is 35.7 Å². The number of rotatable bonds is 8. The molecule has 0 heterocycles. The van der Waals surface area contributed by atoms with Crippen LogP contribution in [0.2, 0.25) is 0 Å². The van der Waals surface area contributed by atoms with E-state index in [1.54, 1.807) is 7.05 Å². The molecule has 0 spiro atoms. The number of aliphatic imine (C=N–C) groups is 1. The fraction of sp³-hybridized carbons (Fsp3) is 0.381. The Bertz CT molecular complexity index is 705. The van der Waals surface area contributed by atoms with E-state index in [2.05, 4.69) is 71.9 Å². The third-order valence-corrected chi connectivity index (χ3v) is 4.16. The zero-order valence-electron chi connectivity index (χ0n) is 16.7. The summed E-state index contributed by atoms with van der Waals surface area (Å²) in [6.07, 6.45) is 0. The van der Waals surface area contributed by atoms with Crippen molar-refractivity contribution in [1.82, 2.24) is 10.6 Å². The lowest BCUT2D eigenvalue weighted by molar-refractivity contribution is 0.125. The highest BCUT2D eigenvalue weighted by molar-refractivity contribution is 14.0. The quantitative estimate of drug-likeness (QED) is 0.262. The summed E-state index contributed by atoms with van der Waals surface area (Å²) in [6.45, 7) is 4.85. The van der Waals surface area contributed by atoms with E-state index >= 15 is 0 Å². The monoisotopic (exact) mass is 482 g/mol. The molecule has 0 saturated carbocycles. The molecule has 0 aliphatic heterocycles. The number of nitrogens with one attached hydrogen (secondary N) is 2. The van der Waals surface area contributed by atoms with Gasteiger partial charge in [0.1, 0.15) is 0 Å². The maximum Gasteiger partial charge on any atom is 0.191 e. The van der Waals surface area contributed by atoms with Crippen LogP contribution in [-0.2, 0) is 17.9 Å². The summed E-state index contributed by atoms with van der Waals surface area (Å²) in [5.41, 5.74) is 4.93. The van der Waals surface area contributed by atoms with Crippen molar-refractivity contribution in [3.8, 4) is 0 Å². The number of hydrogen-bond donors (Lipinski definition) is 2. The average molecular weight is 482 g/mol. The molecule has 0 aliphatic rings. The Balaban J connectivity index is 0.00000364. The lowest BCUT2D eigenvalue weighted by atomic mass is 10.1. The van der Waals surface area contributed by atoms with Gasteiger partial charge in [0.15, 0.2) is 5.96 Å². The third kappa shape index (κ3) is 8.17. The van der Waals surface area contributed by atoms with Crippen molar-refractivity contribution in [2.45, 2.75) is 20.1 Å². The first-order valence-corrected chi connectivity index (χ1v) is 8.93. The summed E-state index contributed by atoms with van der Waals surface area (Å²) in [7, 11) is 5.89. The zero-order valence-corrected chi connectivity index (χ0v) is 19.0. The minimum atomic E-state index is 0. The van der Waals surface area contributed by atoms with Crippen LogP contribution < -0.4 is 15.5 Å². The van der Waals surface area contributed by atoms with Gasteiger partial charge < -0.3 is 20.3 Å². The van der Waals surface area contributed by atoms with Gasteiger partial charge in [-0.2, -0.15) is 0 Å². The molecule has 0 fully saturated rings. The van der Waals surface area contributed by atoms with Crippen molar-refractivity contribution in [3.63, 3.8) is 0 Å². The van der Waals surface area contributed by atoms with E-state index in [9.17, 15) is 0 Å². The SMILES string of the molecule is CN=C(NCCOCc1ccccc1)NCc1ccc(N(C)C)cc1C.I. The Morgan fingerprint density at radius 1 is 1.07 bits per heavy atom. The van der Waals surface area contributed by atoms with E-state index in [-0.39, 0.29) is 24.0 Å². The first kappa shape index (κ1) is 23.2. The second-order valence-electron chi connectivity index (χ2n) is 6.40. The van der Waals surface area contributed by atoms with Gasteiger partial charge in [-0.25, -0.2) is 0 Å². The van der Waals surface area contributed by atoms with E-state index in [4.69, 9.17) is 4.74 Å². The minimum absolute atomic E-state index is 0. The molecule has 0 amide bonds. The number of nitrogens with zero attached hydrogens (tertiary/aromatic N) is 2. The molecule has 0 atom stereocenters. The molecule has 2 aromatic rings. The minimum Gasteiger partial charge on any atom is -0.378 e. The lowest BCUT2D eigenvalue weighted by Crippen LogP contribution is -2.38. The molecule has 0 aliphatic carbocycles. The molecule has 2 N–H and O–H groups in total. The highest BCUT2D eigenvalue weighted by Gasteiger charge is 2.03. The van der Waals surface area contributed by atoms with Gasteiger partial charge in [0.2, 0.25) is 0 Å². The number of aryl methyl sites for hydroxylation is 1. The van der Waals surface area contributed by atoms with Crippen molar-refractivity contribution in [2.24, 2.45) is 4.99 Å². The van der Waals surface area contributed by atoms with Gasteiger partial charge in [0, 0.05) is 39.9 Å². The second kappa shape index (κ2) is 12.6. The fourth-order valence-electron chi connectivity index (χ4n) is 2.56. The number of benzene rings is 2. The van der Waals surface area contributed by atoms with Crippen molar-refractivity contribution in [2.75, 3.05) is 39.2 Å². The summed E-state index contributed by atoms with van der Waals surface area (Å²) in [5.74, 6) is 0.782. The summed E-state index contributed by atoms with van der Waals surface area (Å²) in [4.78, 5) is 6.38. The number of ether oxygens (including phenoxy) is 1. The molecule has 0 unspecified atom stereocenters. The maximum absolute atomic E-state index is 5.68. The Kier molecular flexibility index (Phi) is 10.8. The van der Waals surface area contributed by atoms with Crippen LogP contribution in [0.3, 0.4) is 0 Å². The summed E-state index contributed by atoms with van der Waals surface area (Å²) in [5, 5.41) is 6.63. The van der Waals surface area contributed by atoms with Gasteiger partial charge in [0.25, 0.3) is 0 Å². The molecule has 27 heavy (non-hydrogen) atoms. The summed E-state index contributed by atoms with van der Waals surface area (Å²) < 4.78 is 5.68. The van der Waals surface area contributed by atoms with Crippen LogP contribution >= 0.6 is 24.0 Å². The Labute approximate surface area is 180 Å². The van der Waals surface area contributed by atoms with E-state index in [0.717, 1.165) is 12.5 Å². The van der Waals surface area contributed by atoms with Crippen LogP contribution in [-0.4, -0.2) is 40.3 Å². The molecule has 5 nitrogen and oxygen atoms in total. The Morgan fingerprint density at radius 3 is 2.44 bits per heavy atom. The molecule has 0 aromatic heterocycles. The molecule has 6 heteroatoms. The molecule has 148 valence electrons. The molecular weight excluding hydrogens is 451 g/mol. The molecule has 0 radical (unpaired) electrons.